The van der Waals surface area contributed by atoms with E-state index >= 15 is 0 Å². The Morgan fingerprint density at radius 2 is 1.52 bits per heavy atom. The minimum atomic E-state index is -0.160. The Bertz CT molecular complexity index is 1200. The number of carbonyl (C=O) groups is 1. The van der Waals surface area contributed by atoms with E-state index in [4.69, 9.17) is 16.6 Å². The van der Waals surface area contributed by atoms with E-state index in [-0.39, 0.29) is 11.7 Å². The predicted molar refractivity (Wildman–Crippen MR) is 126 cm³/mol. The van der Waals surface area contributed by atoms with Crippen molar-refractivity contribution < 1.29 is 4.79 Å². The highest BCUT2D eigenvalue weighted by molar-refractivity contribution is 7.99. The third-order valence-electron chi connectivity index (χ3n) is 4.64. The van der Waals surface area contributed by atoms with Crippen LogP contribution in [-0.4, -0.2) is 26.8 Å². The van der Waals surface area contributed by atoms with Gasteiger partial charge in [-0.1, -0.05) is 90.1 Å². The molecule has 0 aliphatic heterocycles. The van der Waals surface area contributed by atoms with E-state index in [0.29, 0.717) is 21.6 Å². The molecule has 7 heteroatoms. The molecule has 1 aromatic heterocycles. The summed E-state index contributed by atoms with van der Waals surface area (Å²) in [6.45, 7) is 1.87. The molecule has 0 bridgehead atoms. The quantitative estimate of drug-likeness (QED) is 0.373. The first-order valence-electron chi connectivity index (χ1n) is 9.65. The van der Waals surface area contributed by atoms with E-state index in [9.17, 15) is 4.79 Å². The first-order valence-corrected chi connectivity index (χ1v) is 11.0. The predicted octanol–water partition coefficient (Wildman–Crippen LogP) is 5.90. The first kappa shape index (κ1) is 21.0. The molecule has 0 saturated carbocycles. The Morgan fingerprint density at radius 1 is 0.871 bits per heavy atom. The van der Waals surface area contributed by atoms with Crippen molar-refractivity contribution in [3.05, 3.63) is 89.4 Å². The van der Waals surface area contributed by atoms with Crippen LogP contribution < -0.4 is 5.32 Å². The standard InChI is InChI=1S/C24H19ClN4OS/c1-16-19(25)13-8-14-20(16)26-21(30)15-31-24-27-22(17-9-4-2-5-10-17)23(28-29-24)18-11-6-3-7-12-18/h2-14H,15H2,1H3,(H,26,30). The topological polar surface area (TPSA) is 67.8 Å². The lowest BCUT2D eigenvalue weighted by atomic mass is 10.0. The second-order valence-electron chi connectivity index (χ2n) is 6.77. The fourth-order valence-electron chi connectivity index (χ4n) is 3.02. The van der Waals surface area contributed by atoms with Gasteiger partial charge in [0.25, 0.3) is 0 Å². The maximum absolute atomic E-state index is 12.4. The summed E-state index contributed by atoms with van der Waals surface area (Å²) in [4.78, 5) is 17.2. The van der Waals surface area contributed by atoms with Crippen LogP contribution in [0.25, 0.3) is 22.5 Å². The highest BCUT2D eigenvalue weighted by atomic mass is 35.5. The third kappa shape index (κ3) is 5.10. The molecule has 0 spiro atoms. The Kier molecular flexibility index (Phi) is 6.60. The van der Waals surface area contributed by atoms with Crippen molar-refractivity contribution in [2.75, 3.05) is 11.1 Å². The van der Waals surface area contributed by atoms with Crippen LogP contribution in [0.15, 0.2) is 84.0 Å². The summed E-state index contributed by atoms with van der Waals surface area (Å²) >= 11 is 7.37. The molecule has 5 nitrogen and oxygen atoms in total. The van der Waals surface area contributed by atoms with Gasteiger partial charge in [0, 0.05) is 21.8 Å². The molecule has 1 N–H and O–H groups in total. The second kappa shape index (κ2) is 9.73. The highest BCUT2D eigenvalue weighted by Crippen LogP contribution is 2.30. The zero-order valence-electron chi connectivity index (χ0n) is 16.7. The van der Waals surface area contributed by atoms with Crippen LogP contribution in [0.1, 0.15) is 5.56 Å². The zero-order chi connectivity index (χ0) is 21.6. The molecule has 4 rings (SSSR count). The SMILES string of the molecule is Cc1c(Cl)cccc1NC(=O)CSc1nnc(-c2ccccc2)c(-c2ccccc2)n1. The minimum Gasteiger partial charge on any atom is -0.325 e. The van der Waals surface area contributed by atoms with E-state index in [0.717, 1.165) is 22.4 Å². The molecule has 0 atom stereocenters. The summed E-state index contributed by atoms with van der Waals surface area (Å²) in [6, 6.07) is 25.1. The number of halogens is 1. The number of rotatable bonds is 6. The molecular formula is C24H19ClN4OS. The van der Waals surface area contributed by atoms with Crippen molar-refractivity contribution in [1.82, 2.24) is 15.2 Å². The maximum atomic E-state index is 12.4. The van der Waals surface area contributed by atoms with Crippen LogP contribution in [0.3, 0.4) is 0 Å². The molecule has 31 heavy (non-hydrogen) atoms. The minimum absolute atomic E-state index is 0.159. The van der Waals surface area contributed by atoms with Crippen molar-refractivity contribution in [2.24, 2.45) is 0 Å². The lowest BCUT2D eigenvalue weighted by molar-refractivity contribution is -0.113. The number of carbonyl (C=O) groups excluding carboxylic acids is 1. The van der Waals surface area contributed by atoms with Gasteiger partial charge in [0.1, 0.15) is 11.4 Å². The number of aromatic nitrogens is 3. The van der Waals surface area contributed by atoms with Gasteiger partial charge in [0.2, 0.25) is 11.1 Å². The van der Waals surface area contributed by atoms with Crippen molar-refractivity contribution in [3.63, 3.8) is 0 Å². The first-order chi connectivity index (χ1) is 15.1. The van der Waals surface area contributed by atoms with Gasteiger partial charge in [-0.15, -0.1) is 10.2 Å². The Hall–Kier alpha value is -3.22. The van der Waals surface area contributed by atoms with Crippen molar-refractivity contribution in [3.8, 4) is 22.5 Å². The van der Waals surface area contributed by atoms with Crippen LogP contribution >= 0.6 is 23.4 Å². The molecule has 1 amide bonds. The number of thioether (sulfide) groups is 1. The summed E-state index contributed by atoms with van der Waals surface area (Å²) in [5.41, 5.74) is 4.84. The fourth-order valence-corrected chi connectivity index (χ4v) is 3.78. The molecule has 0 aliphatic rings. The number of benzene rings is 3. The smallest absolute Gasteiger partial charge is 0.234 e. The van der Waals surface area contributed by atoms with Gasteiger partial charge >= 0.3 is 0 Å². The van der Waals surface area contributed by atoms with E-state index in [1.807, 2.05) is 73.7 Å². The molecule has 0 fully saturated rings. The molecule has 0 aliphatic carbocycles. The normalized spacial score (nSPS) is 10.6. The maximum Gasteiger partial charge on any atom is 0.234 e. The molecule has 0 saturated heterocycles. The summed E-state index contributed by atoms with van der Waals surface area (Å²) in [5, 5.41) is 12.6. The monoisotopic (exact) mass is 446 g/mol. The number of nitrogens with zero attached hydrogens (tertiary/aromatic N) is 3. The van der Waals surface area contributed by atoms with Crippen molar-refractivity contribution in [1.29, 1.82) is 0 Å². The van der Waals surface area contributed by atoms with E-state index < -0.39 is 0 Å². The number of hydrogen-bond acceptors (Lipinski definition) is 5. The van der Waals surface area contributed by atoms with Gasteiger partial charge in [-0.3, -0.25) is 4.79 Å². The molecule has 3 aromatic carbocycles. The van der Waals surface area contributed by atoms with Crippen LogP contribution in [0.4, 0.5) is 5.69 Å². The Labute approximate surface area is 189 Å². The Balaban J connectivity index is 1.55. The van der Waals surface area contributed by atoms with Gasteiger partial charge in [-0.25, -0.2) is 4.98 Å². The van der Waals surface area contributed by atoms with E-state index in [1.54, 1.807) is 12.1 Å². The molecule has 154 valence electrons. The van der Waals surface area contributed by atoms with Crippen LogP contribution in [-0.2, 0) is 4.79 Å². The average molecular weight is 447 g/mol. The van der Waals surface area contributed by atoms with Gasteiger partial charge in [-0.05, 0) is 24.6 Å². The highest BCUT2D eigenvalue weighted by Gasteiger charge is 2.15. The van der Waals surface area contributed by atoms with Crippen LogP contribution in [0.5, 0.6) is 0 Å². The third-order valence-corrected chi connectivity index (χ3v) is 5.88. The molecule has 0 radical (unpaired) electrons. The van der Waals surface area contributed by atoms with Crippen LogP contribution in [0.2, 0.25) is 5.02 Å². The average Bonchev–Trinajstić information content (AvgIpc) is 2.82. The zero-order valence-corrected chi connectivity index (χ0v) is 18.3. The van der Waals surface area contributed by atoms with Crippen molar-refractivity contribution >= 4 is 35.0 Å². The van der Waals surface area contributed by atoms with Gasteiger partial charge < -0.3 is 5.32 Å². The van der Waals surface area contributed by atoms with Crippen molar-refractivity contribution in [2.45, 2.75) is 12.1 Å². The summed E-state index contributed by atoms with van der Waals surface area (Å²) < 4.78 is 0. The number of hydrogen-bond donors (Lipinski definition) is 1. The molecule has 1 heterocycles. The summed E-state index contributed by atoms with van der Waals surface area (Å²) in [7, 11) is 0. The van der Waals surface area contributed by atoms with Crippen LogP contribution in [0, 0.1) is 6.92 Å². The van der Waals surface area contributed by atoms with E-state index in [2.05, 4.69) is 15.5 Å². The molecule has 4 aromatic rings. The Morgan fingerprint density at radius 3 is 2.19 bits per heavy atom. The second-order valence-corrected chi connectivity index (χ2v) is 8.12. The fraction of sp³-hybridized carbons (Fsp3) is 0.0833. The number of anilines is 1. The largest absolute Gasteiger partial charge is 0.325 e. The summed E-state index contributed by atoms with van der Waals surface area (Å²) in [6.07, 6.45) is 0. The molecule has 0 unspecified atom stereocenters. The van der Waals surface area contributed by atoms with Gasteiger partial charge in [0.15, 0.2) is 0 Å². The van der Waals surface area contributed by atoms with Gasteiger partial charge in [-0.2, -0.15) is 0 Å². The molecular weight excluding hydrogens is 428 g/mol. The summed E-state index contributed by atoms with van der Waals surface area (Å²) in [5.74, 6) is -0.000576. The number of amides is 1. The van der Waals surface area contributed by atoms with E-state index in [1.165, 1.54) is 11.8 Å². The lowest BCUT2D eigenvalue weighted by Gasteiger charge is -2.10. The number of nitrogens with one attached hydrogen (secondary N) is 1. The van der Waals surface area contributed by atoms with Gasteiger partial charge in [0.05, 0.1) is 5.75 Å². The lowest BCUT2D eigenvalue weighted by Crippen LogP contribution is -2.15.